The fourth-order valence-electron chi connectivity index (χ4n) is 2.82. The van der Waals surface area contributed by atoms with E-state index in [0.717, 1.165) is 6.42 Å². The summed E-state index contributed by atoms with van der Waals surface area (Å²) in [5.74, 6) is 0.651. The molecule has 0 saturated heterocycles. The average Bonchev–Trinajstić information content (AvgIpc) is 2.84. The lowest BCUT2D eigenvalue weighted by Gasteiger charge is -2.22. The molecule has 1 fully saturated rings. The van der Waals surface area contributed by atoms with Crippen LogP contribution in [-0.2, 0) is 6.42 Å². The second-order valence-electron chi connectivity index (χ2n) is 5.23. The molecule has 0 radical (unpaired) electrons. The Morgan fingerprint density at radius 2 is 2.00 bits per heavy atom. The molecule has 0 aliphatic heterocycles. The standard InChI is InChI=1S/C15H23NO2/c17-11-14(18)10-16-15-8-4-7-13(15)9-12-5-2-1-3-6-12/h1-3,5-6,13-18H,4,7-11H2/t13-,14+,15+/m0/s1. The van der Waals surface area contributed by atoms with Crippen LogP contribution >= 0.6 is 0 Å². The minimum absolute atomic E-state index is 0.164. The van der Waals surface area contributed by atoms with Gasteiger partial charge in [-0.05, 0) is 30.7 Å². The molecule has 1 aromatic carbocycles. The molecule has 2 rings (SSSR count). The molecular formula is C15H23NO2. The fourth-order valence-corrected chi connectivity index (χ4v) is 2.82. The third-order valence-corrected chi connectivity index (χ3v) is 3.83. The summed E-state index contributed by atoms with van der Waals surface area (Å²) in [6.07, 6.45) is 4.15. The molecule has 3 nitrogen and oxygen atoms in total. The molecule has 3 heteroatoms. The van der Waals surface area contributed by atoms with E-state index in [2.05, 4.69) is 29.6 Å². The molecule has 1 aliphatic rings. The molecule has 0 unspecified atom stereocenters. The zero-order chi connectivity index (χ0) is 12.8. The van der Waals surface area contributed by atoms with Crippen molar-refractivity contribution in [3.05, 3.63) is 35.9 Å². The molecule has 1 aromatic rings. The van der Waals surface area contributed by atoms with Gasteiger partial charge in [0.15, 0.2) is 0 Å². The van der Waals surface area contributed by atoms with Crippen LogP contribution in [0.25, 0.3) is 0 Å². The summed E-state index contributed by atoms with van der Waals surface area (Å²) in [4.78, 5) is 0. The lowest BCUT2D eigenvalue weighted by Crippen LogP contribution is -2.39. The second-order valence-corrected chi connectivity index (χ2v) is 5.23. The number of aliphatic hydroxyl groups excluding tert-OH is 2. The van der Waals surface area contributed by atoms with Crippen LogP contribution in [0, 0.1) is 5.92 Å². The van der Waals surface area contributed by atoms with Gasteiger partial charge in [0.25, 0.3) is 0 Å². The van der Waals surface area contributed by atoms with Crippen molar-refractivity contribution in [3.8, 4) is 0 Å². The molecule has 0 aromatic heterocycles. The molecule has 0 spiro atoms. The Kier molecular flexibility index (Phi) is 5.17. The van der Waals surface area contributed by atoms with Crippen molar-refractivity contribution in [2.24, 2.45) is 5.92 Å². The van der Waals surface area contributed by atoms with E-state index >= 15 is 0 Å². The minimum atomic E-state index is -0.636. The lowest BCUT2D eigenvalue weighted by atomic mass is 9.94. The summed E-state index contributed by atoms with van der Waals surface area (Å²) in [7, 11) is 0. The van der Waals surface area contributed by atoms with Gasteiger partial charge in [0.05, 0.1) is 12.7 Å². The summed E-state index contributed by atoms with van der Waals surface area (Å²) >= 11 is 0. The van der Waals surface area contributed by atoms with Crippen molar-refractivity contribution in [1.82, 2.24) is 5.32 Å². The number of rotatable bonds is 6. The van der Waals surface area contributed by atoms with E-state index in [4.69, 9.17) is 5.11 Å². The number of hydrogen-bond acceptors (Lipinski definition) is 3. The number of hydrogen-bond donors (Lipinski definition) is 3. The van der Waals surface area contributed by atoms with Crippen LogP contribution in [0.5, 0.6) is 0 Å². The molecule has 0 bridgehead atoms. The minimum Gasteiger partial charge on any atom is -0.394 e. The summed E-state index contributed by atoms with van der Waals surface area (Å²) in [6, 6.07) is 11.1. The Labute approximate surface area is 109 Å². The maximum Gasteiger partial charge on any atom is 0.0895 e. The maximum atomic E-state index is 9.38. The van der Waals surface area contributed by atoms with Crippen LogP contribution in [0.2, 0.25) is 0 Å². The summed E-state index contributed by atoms with van der Waals surface area (Å²) in [5.41, 5.74) is 1.39. The van der Waals surface area contributed by atoms with E-state index in [1.807, 2.05) is 6.07 Å². The first-order valence-corrected chi connectivity index (χ1v) is 6.86. The largest absolute Gasteiger partial charge is 0.394 e. The highest BCUT2D eigenvalue weighted by atomic mass is 16.3. The average molecular weight is 249 g/mol. The normalized spacial score (nSPS) is 25.2. The van der Waals surface area contributed by atoms with Crippen LogP contribution in [0.4, 0.5) is 0 Å². The van der Waals surface area contributed by atoms with E-state index < -0.39 is 6.10 Å². The maximum absolute atomic E-state index is 9.38. The van der Waals surface area contributed by atoms with Crippen molar-refractivity contribution < 1.29 is 10.2 Å². The third kappa shape index (κ3) is 3.80. The number of benzene rings is 1. The van der Waals surface area contributed by atoms with Crippen molar-refractivity contribution in [1.29, 1.82) is 0 Å². The fraction of sp³-hybridized carbons (Fsp3) is 0.600. The topological polar surface area (TPSA) is 52.5 Å². The van der Waals surface area contributed by atoms with Gasteiger partial charge in [-0.15, -0.1) is 0 Å². The van der Waals surface area contributed by atoms with Gasteiger partial charge in [0, 0.05) is 12.6 Å². The smallest absolute Gasteiger partial charge is 0.0895 e. The van der Waals surface area contributed by atoms with Crippen molar-refractivity contribution in [2.45, 2.75) is 37.8 Å². The van der Waals surface area contributed by atoms with Gasteiger partial charge in [-0.3, -0.25) is 0 Å². The van der Waals surface area contributed by atoms with Gasteiger partial charge in [-0.25, -0.2) is 0 Å². The Hall–Kier alpha value is -0.900. The summed E-state index contributed by atoms with van der Waals surface area (Å²) in [6.45, 7) is 0.329. The molecule has 1 saturated carbocycles. The quantitative estimate of drug-likeness (QED) is 0.713. The zero-order valence-electron chi connectivity index (χ0n) is 10.8. The molecule has 1 aliphatic carbocycles. The van der Waals surface area contributed by atoms with Crippen LogP contribution in [-0.4, -0.2) is 35.5 Å². The van der Waals surface area contributed by atoms with Gasteiger partial charge in [0.2, 0.25) is 0 Å². The van der Waals surface area contributed by atoms with Gasteiger partial charge in [0.1, 0.15) is 0 Å². The monoisotopic (exact) mass is 249 g/mol. The predicted octanol–water partition coefficient (Wildman–Crippen LogP) is 1.34. The van der Waals surface area contributed by atoms with E-state index in [1.165, 1.54) is 24.8 Å². The first kappa shape index (κ1) is 13.5. The van der Waals surface area contributed by atoms with Crippen molar-refractivity contribution in [2.75, 3.05) is 13.2 Å². The first-order chi connectivity index (χ1) is 8.79. The van der Waals surface area contributed by atoms with E-state index in [1.54, 1.807) is 0 Å². The summed E-state index contributed by atoms with van der Waals surface area (Å²) in [5, 5.41) is 21.6. The van der Waals surface area contributed by atoms with Gasteiger partial charge >= 0.3 is 0 Å². The molecule has 3 N–H and O–H groups in total. The van der Waals surface area contributed by atoms with E-state index in [-0.39, 0.29) is 6.61 Å². The molecule has 0 heterocycles. The molecule has 3 atom stereocenters. The van der Waals surface area contributed by atoms with E-state index in [9.17, 15) is 5.11 Å². The van der Waals surface area contributed by atoms with Crippen LogP contribution < -0.4 is 5.32 Å². The summed E-state index contributed by atoms with van der Waals surface area (Å²) < 4.78 is 0. The lowest BCUT2D eigenvalue weighted by molar-refractivity contribution is 0.0904. The first-order valence-electron chi connectivity index (χ1n) is 6.86. The molecular weight excluding hydrogens is 226 g/mol. The van der Waals surface area contributed by atoms with Gasteiger partial charge < -0.3 is 15.5 Å². The van der Waals surface area contributed by atoms with Gasteiger partial charge in [-0.1, -0.05) is 36.8 Å². The number of aliphatic hydroxyl groups is 2. The Morgan fingerprint density at radius 1 is 1.22 bits per heavy atom. The molecule has 0 amide bonds. The highest BCUT2D eigenvalue weighted by Gasteiger charge is 2.27. The Morgan fingerprint density at radius 3 is 2.72 bits per heavy atom. The SMILES string of the molecule is OC[C@H](O)CN[C@@H]1CCC[C@H]1Cc1ccccc1. The van der Waals surface area contributed by atoms with Crippen LogP contribution in [0.15, 0.2) is 30.3 Å². The van der Waals surface area contributed by atoms with E-state index in [0.29, 0.717) is 18.5 Å². The van der Waals surface area contributed by atoms with Crippen molar-refractivity contribution in [3.63, 3.8) is 0 Å². The van der Waals surface area contributed by atoms with Gasteiger partial charge in [-0.2, -0.15) is 0 Å². The van der Waals surface area contributed by atoms with Crippen molar-refractivity contribution >= 4 is 0 Å². The zero-order valence-corrected chi connectivity index (χ0v) is 10.8. The highest BCUT2D eigenvalue weighted by molar-refractivity contribution is 5.16. The Balaban J connectivity index is 1.84. The predicted molar refractivity (Wildman–Crippen MR) is 72.4 cm³/mol. The van der Waals surface area contributed by atoms with Crippen LogP contribution in [0.3, 0.4) is 0 Å². The molecule has 18 heavy (non-hydrogen) atoms. The van der Waals surface area contributed by atoms with Crippen LogP contribution in [0.1, 0.15) is 24.8 Å². The second kappa shape index (κ2) is 6.88. The molecule has 100 valence electrons. The Bertz CT molecular complexity index is 342. The highest BCUT2D eigenvalue weighted by Crippen LogP contribution is 2.28. The number of nitrogens with one attached hydrogen (secondary N) is 1. The third-order valence-electron chi connectivity index (χ3n) is 3.83.